The van der Waals surface area contributed by atoms with Crippen LogP contribution in [0.5, 0.6) is 0 Å². The first kappa shape index (κ1) is 21.4. The molecule has 0 aromatic heterocycles. The number of quaternary nitrogens is 1. The summed E-state index contributed by atoms with van der Waals surface area (Å²) in [5.41, 5.74) is 1.65. The molecule has 7 heteroatoms. The first-order valence-corrected chi connectivity index (χ1v) is 7.65. The molecule has 2 rings (SSSR count). The van der Waals surface area contributed by atoms with Gasteiger partial charge in [-0.1, -0.05) is 60.7 Å². The number of hydrogen-bond donors (Lipinski definition) is 3. The molecule has 0 aliphatic heterocycles. The van der Waals surface area contributed by atoms with Crippen LogP contribution in [-0.2, 0) is 13.1 Å². The van der Waals surface area contributed by atoms with Crippen molar-refractivity contribution in [3.63, 3.8) is 0 Å². The fourth-order valence-corrected chi connectivity index (χ4v) is 2.61. The van der Waals surface area contributed by atoms with E-state index in [0.29, 0.717) is 4.90 Å². The standard InChI is InChI=1S/C18H20F3NO2.ClH/c1-14(17(23,24)18(19,20)21)22(12-15-8-4-2-5-9-15)13-16-10-6-3-7-11-16;/h2-11,14,23-24H,12-13H2,1H3;1H. The molecule has 138 valence electrons. The molecule has 1 atom stereocenters. The van der Waals surface area contributed by atoms with Crippen molar-refractivity contribution in [1.82, 2.24) is 0 Å². The van der Waals surface area contributed by atoms with Crippen LogP contribution in [0, 0.1) is 0 Å². The molecule has 0 bridgehead atoms. The van der Waals surface area contributed by atoms with E-state index in [9.17, 15) is 23.4 Å². The van der Waals surface area contributed by atoms with Crippen LogP contribution in [0.2, 0.25) is 0 Å². The summed E-state index contributed by atoms with van der Waals surface area (Å²) in [5.74, 6) is -3.76. The minimum Gasteiger partial charge on any atom is -1.00 e. The van der Waals surface area contributed by atoms with Crippen molar-refractivity contribution in [3.8, 4) is 0 Å². The van der Waals surface area contributed by atoms with E-state index in [4.69, 9.17) is 0 Å². The second kappa shape index (κ2) is 8.67. The largest absolute Gasteiger partial charge is 1.00 e. The number of aliphatic hydroxyl groups is 2. The molecule has 0 radical (unpaired) electrons. The minimum absolute atomic E-state index is 0. The summed E-state index contributed by atoms with van der Waals surface area (Å²) in [5, 5.41) is 19.3. The average molecular weight is 376 g/mol. The topological polar surface area (TPSA) is 44.9 Å². The van der Waals surface area contributed by atoms with Crippen molar-refractivity contribution in [1.29, 1.82) is 0 Å². The Kier molecular flexibility index (Phi) is 7.44. The number of nitrogens with one attached hydrogen (secondary N) is 1. The average Bonchev–Trinajstić information content (AvgIpc) is 2.54. The molecule has 3 nitrogen and oxygen atoms in total. The van der Waals surface area contributed by atoms with Gasteiger partial charge in [-0.15, -0.1) is 0 Å². The molecule has 0 fully saturated rings. The van der Waals surface area contributed by atoms with Crippen LogP contribution < -0.4 is 17.3 Å². The number of alkyl halides is 3. The van der Waals surface area contributed by atoms with E-state index >= 15 is 0 Å². The van der Waals surface area contributed by atoms with Gasteiger partial charge in [0.15, 0.2) is 0 Å². The Balaban J connectivity index is 0.00000312. The van der Waals surface area contributed by atoms with Crippen molar-refractivity contribution >= 4 is 0 Å². The molecule has 0 aliphatic carbocycles. The van der Waals surface area contributed by atoms with Gasteiger partial charge in [0, 0.05) is 11.1 Å². The summed E-state index contributed by atoms with van der Waals surface area (Å²) in [6.07, 6.45) is -5.12. The molecule has 0 spiro atoms. The van der Waals surface area contributed by atoms with Crippen molar-refractivity contribution < 1.29 is 40.7 Å². The summed E-state index contributed by atoms with van der Waals surface area (Å²) in [4.78, 5) is 0.412. The fraction of sp³-hybridized carbons (Fsp3) is 0.333. The molecule has 0 heterocycles. The van der Waals surface area contributed by atoms with E-state index in [1.165, 1.54) is 6.92 Å². The first-order chi connectivity index (χ1) is 11.2. The van der Waals surface area contributed by atoms with E-state index in [-0.39, 0.29) is 25.5 Å². The molecular formula is C18H21ClF3NO2. The van der Waals surface area contributed by atoms with Gasteiger partial charge in [0.05, 0.1) is 0 Å². The molecule has 2 aromatic rings. The van der Waals surface area contributed by atoms with Gasteiger partial charge < -0.3 is 27.5 Å². The molecule has 0 amide bonds. The quantitative estimate of drug-likeness (QED) is 0.562. The summed E-state index contributed by atoms with van der Waals surface area (Å²) in [6, 6.07) is 16.6. The maximum atomic E-state index is 13.0. The lowest BCUT2D eigenvalue weighted by Gasteiger charge is -2.35. The first-order valence-electron chi connectivity index (χ1n) is 7.65. The Hall–Kier alpha value is -1.60. The van der Waals surface area contributed by atoms with Gasteiger partial charge in [-0.3, -0.25) is 0 Å². The third kappa shape index (κ3) is 5.44. The summed E-state index contributed by atoms with van der Waals surface area (Å²) in [6.45, 7) is 1.69. The van der Waals surface area contributed by atoms with Gasteiger partial charge in [0.1, 0.15) is 19.1 Å². The number of halogens is 4. The fourth-order valence-electron chi connectivity index (χ4n) is 2.61. The summed E-state index contributed by atoms with van der Waals surface area (Å²) < 4.78 is 39.0. The zero-order valence-electron chi connectivity index (χ0n) is 13.7. The van der Waals surface area contributed by atoms with Crippen LogP contribution in [0.4, 0.5) is 13.2 Å². The highest BCUT2D eigenvalue weighted by atomic mass is 35.5. The van der Waals surface area contributed by atoms with Crippen molar-refractivity contribution in [3.05, 3.63) is 71.8 Å². The number of rotatable bonds is 6. The van der Waals surface area contributed by atoms with Gasteiger partial charge in [0.25, 0.3) is 0 Å². The Morgan fingerprint density at radius 1 is 0.840 bits per heavy atom. The smallest absolute Gasteiger partial charge is 0.449 e. The zero-order chi connectivity index (χ0) is 17.8. The third-order valence-corrected chi connectivity index (χ3v) is 4.18. The SMILES string of the molecule is CC([NH+](Cc1ccccc1)Cc1ccccc1)C(O)(O)C(F)(F)F.[Cl-]. The van der Waals surface area contributed by atoms with Crippen LogP contribution in [0.1, 0.15) is 18.1 Å². The zero-order valence-corrected chi connectivity index (χ0v) is 14.4. The molecule has 3 N–H and O–H groups in total. The van der Waals surface area contributed by atoms with E-state index in [0.717, 1.165) is 11.1 Å². The lowest BCUT2D eigenvalue weighted by molar-refractivity contribution is -0.963. The predicted octanol–water partition coefficient (Wildman–Crippen LogP) is -1.09. The second-order valence-electron chi connectivity index (χ2n) is 5.93. The number of hydrogen-bond acceptors (Lipinski definition) is 2. The highest BCUT2D eigenvalue weighted by Gasteiger charge is 2.60. The molecule has 1 unspecified atom stereocenters. The van der Waals surface area contributed by atoms with E-state index in [1.54, 1.807) is 24.3 Å². The summed E-state index contributed by atoms with van der Waals surface area (Å²) >= 11 is 0. The van der Waals surface area contributed by atoms with E-state index in [2.05, 4.69) is 0 Å². The highest BCUT2D eigenvalue weighted by Crippen LogP contribution is 2.30. The monoisotopic (exact) mass is 375 g/mol. The maximum absolute atomic E-state index is 13.0. The molecular weight excluding hydrogens is 355 g/mol. The predicted molar refractivity (Wildman–Crippen MR) is 83.9 cm³/mol. The van der Waals surface area contributed by atoms with Crippen molar-refractivity contribution in [2.45, 2.75) is 38.0 Å². The Bertz CT molecular complexity index is 594. The molecule has 2 aromatic carbocycles. The van der Waals surface area contributed by atoms with Gasteiger partial charge in [0.2, 0.25) is 0 Å². The van der Waals surface area contributed by atoms with Gasteiger partial charge in [-0.2, -0.15) is 13.2 Å². The Labute approximate surface area is 151 Å². The van der Waals surface area contributed by atoms with Gasteiger partial charge >= 0.3 is 12.0 Å². The maximum Gasteiger partial charge on any atom is 0.449 e. The normalized spacial score (nSPS) is 13.4. The van der Waals surface area contributed by atoms with E-state index in [1.807, 2.05) is 36.4 Å². The van der Waals surface area contributed by atoms with Crippen LogP contribution in [0.15, 0.2) is 60.7 Å². The highest BCUT2D eigenvalue weighted by molar-refractivity contribution is 5.15. The van der Waals surface area contributed by atoms with Crippen molar-refractivity contribution in [2.75, 3.05) is 0 Å². The van der Waals surface area contributed by atoms with Crippen molar-refractivity contribution in [2.24, 2.45) is 0 Å². The van der Waals surface area contributed by atoms with E-state index < -0.39 is 18.0 Å². The Morgan fingerprint density at radius 2 is 1.20 bits per heavy atom. The van der Waals surface area contributed by atoms with Crippen LogP contribution in [-0.4, -0.2) is 28.2 Å². The van der Waals surface area contributed by atoms with Gasteiger partial charge in [-0.05, 0) is 6.92 Å². The minimum atomic E-state index is -5.12. The number of benzene rings is 2. The lowest BCUT2D eigenvalue weighted by Crippen LogP contribution is -3.15. The van der Waals surface area contributed by atoms with Crippen LogP contribution >= 0.6 is 0 Å². The van der Waals surface area contributed by atoms with Crippen LogP contribution in [0.3, 0.4) is 0 Å². The van der Waals surface area contributed by atoms with Gasteiger partial charge in [-0.25, -0.2) is 0 Å². The van der Waals surface area contributed by atoms with Crippen LogP contribution in [0.25, 0.3) is 0 Å². The molecule has 0 saturated heterocycles. The summed E-state index contributed by atoms with van der Waals surface area (Å²) in [7, 11) is 0. The second-order valence-corrected chi connectivity index (χ2v) is 5.93. The third-order valence-electron chi connectivity index (χ3n) is 4.18. The Morgan fingerprint density at radius 3 is 1.52 bits per heavy atom. The molecule has 0 aliphatic rings. The lowest BCUT2D eigenvalue weighted by atomic mass is 10.0. The molecule has 25 heavy (non-hydrogen) atoms. The molecule has 0 saturated carbocycles.